The van der Waals surface area contributed by atoms with E-state index in [2.05, 4.69) is 36.7 Å². The van der Waals surface area contributed by atoms with E-state index in [1.54, 1.807) is 0 Å². The molecule has 0 unspecified atom stereocenters. The van der Waals surface area contributed by atoms with Crippen LogP contribution in [0.4, 0.5) is 5.82 Å². The summed E-state index contributed by atoms with van der Waals surface area (Å²) in [6.07, 6.45) is 1.81. The number of pyridine rings is 2. The Hall–Kier alpha value is -1.61. The summed E-state index contributed by atoms with van der Waals surface area (Å²) in [4.78, 5) is 11.3. The van der Waals surface area contributed by atoms with E-state index in [1.807, 2.05) is 37.5 Å². The molecular weight excluding hydrogens is 282 g/mol. The van der Waals surface area contributed by atoms with Crippen LogP contribution < -0.4 is 4.90 Å². The van der Waals surface area contributed by atoms with Crippen molar-refractivity contribution in [2.75, 3.05) is 11.9 Å². The van der Waals surface area contributed by atoms with Gasteiger partial charge in [-0.3, -0.25) is 4.98 Å². The highest BCUT2D eigenvalue weighted by Crippen LogP contribution is 2.25. The van der Waals surface area contributed by atoms with Crippen LogP contribution in [0.2, 0.25) is 0 Å². The minimum atomic E-state index is 0.00263. The second kappa shape index (κ2) is 6.44. The van der Waals surface area contributed by atoms with Crippen molar-refractivity contribution in [2.45, 2.75) is 38.6 Å². The van der Waals surface area contributed by atoms with Gasteiger partial charge in [0.1, 0.15) is 5.82 Å². The molecule has 2 heterocycles. The fourth-order valence-electron chi connectivity index (χ4n) is 2.04. The predicted octanol–water partition coefficient (Wildman–Crippen LogP) is 4.15. The van der Waals surface area contributed by atoms with Gasteiger partial charge in [-0.1, -0.05) is 26.8 Å². The van der Waals surface area contributed by atoms with Crippen LogP contribution >= 0.6 is 11.6 Å². The SMILES string of the molecule is CN(Cc1ccccn1)c1cc(CCl)cc(C(C)(C)C)n1. The molecule has 0 aromatic carbocycles. The van der Waals surface area contributed by atoms with E-state index >= 15 is 0 Å². The third-order valence-electron chi connectivity index (χ3n) is 3.31. The molecular formula is C17H22ClN3. The van der Waals surface area contributed by atoms with E-state index in [0.29, 0.717) is 5.88 Å². The maximum Gasteiger partial charge on any atom is 0.129 e. The first kappa shape index (κ1) is 15.8. The van der Waals surface area contributed by atoms with Crippen LogP contribution in [-0.2, 0) is 17.8 Å². The first-order valence-electron chi connectivity index (χ1n) is 7.08. The largest absolute Gasteiger partial charge is 0.354 e. The fourth-order valence-corrected chi connectivity index (χ4v) is 2.20. The molecule has 0 amide bonds. The zero-order chi connectivity index (χ0) is 15.5. The molecule has 0 aliphatic carbocycles. The monoisotopic (exact) mass is 303 g/mol. The van der Waals surface area contributed by atoms with Crippen molar-refractivity contribution in [2.24, 2.45) is 0 Å². The van der Waals surface area contributed by atoms with E-state index in [-0.39, 0.29) is 5.41 Å². The quantitative estimate of drug-likeness (QED) is 0.795. The molecule has 0 spiro atoms. The molecule has 2 aromatic heterocycles. The maximum atomic E-state index is 6.03. The third-order valence-corrected chi connectivity index (χ3v) is 3.62. The van der Waals surface area contributed by atoms with Crippen LogP contribution in [0.15, 0.2) is 36.5 Å². The van der Waals surface area contributed by atoms with E-state index in [0.717, 1.165) is 29.3 Å². The number of hydrogen-bond donors (Lipinski definition) is 0. The number of rotatable bonds is 4. The van der Waals surface area contributed by atoms with Gasteiger partial charge in [0.15, 0.2) is 0 Å². The molecule has 112 valence electrons. The van der Waals surface area contributed by atoms with Crippen LogP contribution in [0.5, 0.6) is 0 Å². The Labute approximate surface area is 132 Å². The molecule has 4 heteroatoms. The Morgan fingerprint density at radius 2 is 1.95 bits per heavy atom. The van der Waals surface area contributed by atoms with Gasteiger partial charge >= 0.3 is 0 Å². The number of halogens is 1. The summed E-state index contributed by atoms with van der Waals surface area (Å²) < 4.78 is 0. The first-order valence-corrected chi connectivity index (χ1v) is 7.62. The molecule has 0 radical (unpaired) electrons. The minimum Gasteiger partial charge on any atom is -0.354 e. The Morgan fingerprint density at radius 3 is 2.52 bits per heavy atom. The molecule has 21 heavy (non-hydrogen) atoms. The zero-order valence-electron chi connectivity index (χ0n) is 13.1. The van der Waals surface area contributed by atoms with Gasteiger partial charge in [-0.15, -0.1) is 11.6 Å². The van der Waals surface area contributed by atoms with Crippen molar-refractivity contribution in [1.82, 2.24) is 9.97 Å². The predicted molar refractivity (Wildman–Crippen MR) is 88.8 cm³/mol. The summed E-state index contributed by atoms with van der Waals surface area (Å²) in [5.41, 5.74) is 3.18. The normalized spacial score (nSPS) is 11.5. The van der Waals surface area contributed by atoms with E-state index in [1.165, 1.54) is 0 Å². The Bertz CT molecular complexity index is 591. The third kappa shape index (κ3) is 4.18. The highest BCUT2D eigenvalue weighted by Gasteiger charge is 2.18. The maximum absolute atomic E-state index is 6.03. The second-order valence-electron chi connectivity index (χ2n) is 6.28. The van der Waals surface area contributed by atoms with Gasteiger partial charge in [-0.25, -0.2) is 4.98 Å². The molecule has 0 aliphatic heterocycles. The number of anilines is 1. The Kier molecular flexibility index (Phi) is 4.84. The molecule has 0 saturated carbocycles. The highest BCUT2D eigenvalue weighted by atomic mass is 35.5. The van der Waals surface area contributed by atoms with Crippen molar-refractivity contribution in [3.05, 3.63) is 53.5 Å². The topological polar surface area (TPSA) is 29.0 Å². The van der Waals surface area contributed by atoms with Gasteiger partial charge in [0, 0.05) is 30.2 Å². The molecule has 0 bridgehead atoms. The summed E-state index contributed by atoms with van der Waals surface area (Å²) >= 11 is 6.03. The van der Waals surface area contributed by atoms with Crippen LogP contribution in [0.1, 0.15) is 37.7 Å². The summed E-state index contributed by atoms with van der Waals surface area (Å²) in [6, 6.07) is 10.1. The summed E-state index contributed by atoms with van der Waals surface area (Å²) in [5, 5.41) is 0. The lowest BCUT2D eigenvalue weighted by Crippen LogP contribution is -2.21. The van der Waals surface area contributed by atoms with E-state index in [4.69, 9.17) is 16.6 Å². The number of nitrogens with zero attached hydrogens (tertiary/aromatic N) is 3. The molecule has 2 aromatic rings. The van der Waals surface area contributed by atoms with E-state index in [9.17, 15) is 0 Å². The molecule has 0 atom stereocenters. The second-order valence-corrected chi connectivity index (χ2v) is 6.55. The summed E-state index contributed by atoms with van der Waals surface area (Å²) in [6.45, 7) is 7.21. The van der Waals surface area contributed by atoms with Crippen LogP contribution in [-0.4, -0.2) is 17.0 Å². The van der Waals surface area contributed by atoms with Crippen molar-refractivity contribution in [3.8, 4) is 0 Å². The number of aromatic nitrogens is 2. The minimum absolute atomic E-state index is 0.00263. The zero-order valence-corrected chi connectivity index (χ0v) is 13.9. The fraction of sp³-hybridized carbons (Fsp3) is 0.412. The highest BCUT2D eigenvalue weighted by molar-refractivity contribution is 6.17. The van der Waals surface area contributed by atoms with Crippen molar-refractivity contribution in [3.63, 3.8) is 0 Å². The standard InChI is InChI=1S/C17H22ClN3/c1-17(2,3)15-9-13(11-18)10-16(20-15)21(4)12-14-7-5-6-8-19-14/h5-10H,11-12H2,1-4H3. The Morgan fingerprint density at radius 1 is 1.19 bits per heavy atom. The lowest BCUT2D eigenvalue weighted by molar-refractivity contribution is 0.567. The van der Waals surface area contributed by atoms with Gasteiger partial charge in [-0.2, -0.15) is 0 Å². The van der Waals surface area contributed by atoms with Gasteiger partial charge < -0.3 is 4.90 Å². The van der Waals surface area contributed by atoms with Crippen molar-refractivity contribution in [1.29, 1.82) is 0 Å². The molecule has 0 aliphatic rings. The van der Waals surface area contributed by atoms with Crippen LogP contribution in [0.3, 0.4) is 0 Å². The summed E-state index contributed by atoms with van der Waals surface area (Å²) in [5.74, 6) is 1.43. The van der Waals surface area contributed by atoms with Gasteiger partial charge in [0.05, 0.1) is 12.2 Å². The van der Waals surface area contributed by atoms with Crippen molar-refractivity contribution < 1.29 is 0 Å². The number of hydrogen-bond acceptors (Lipinski definition) is 3. The van der Waals surface area contributed by atoms with E-state index < -0.39 is 0 Å². The molecule has 0 fully saturated rings. The van der Waals surface area contributed by atoms with Gasteiger partial charge in [-0.05, 0) is 29.8 Å². The average molecular weight is 304 g/mol. The van der Waals surface area contributed by atoms with Crippen LogP contribution in [0, 0.1) is 0 Å². The molecule has 0 N–H and O–H groups in total. The lowest BCUT2D eigenvalue weighted by Gasteiger charge is -2.24. The van der Waals surface area contributed by atoms with Gasteiger partial charge in [0.2, 0.25) is 0 Å². The molecule has 2 rings (SSSR count). The average Bonchev–Trinajstić information content (AvgIpc) is 2.46. The smallest absolute Gasteiger partial charge is 0.129 e. The molecule has 0 saturated heterocycles. The number of alkyl halides is 1. The molecule has 3 nitrogen and oxygen atoms in total. The van der Waals surface area contributed by atoms with Crippen LogP contribution in [0.25, 0.3) is 0 Å². The first-order chi connectivity index (χ1) is 9.90. The summed E-state index contributed by atoms with van der Waals surface area (Å²) in [7, 11) is 2.03. The van der Waals surface area contributed by atoms with Crippen molar-refractivity contribution >= 4 is 17.4 Å². The lowest BCUT2D eigenvalue weighted by atomic mass is 9.91. The van der Waals surface area contributed by atoms with Gasteiger partial charge in [0.25, 0.3) is 0 Å². The Balaban J connectivity index is 2.30.